The minimum Gasteiger partial charge on any atom is -0.244 e. The molecule has 0 bridgehead atoms. The monoisotopic (exact) mass is 276 g/mol. The van der Waals surface area contributed by atoms with Gasteiger partial charge >= 0.3 is 0 Å². The third-order valence-corrected chi connectivity index (χ3v) is 2.87. The lowest BCUT2D eigenvalue weighted by molar-refractivity contribution is 0.637. The van der Waals surface area contributed by atoms with Crippen molar-refractivity contribution in [1.29, 1.82) is 0 Å². The van der Waals surface area contributed by atoms with Crippen LogP contribution >= 0.6 is 15.9 Å². The van der Waals surface area contributed by atoms with Gasteiger partial charge in [-0.15, -0.1) is 0 Å². The van der Waals surface area contributed by atoms with E-state index in [0.717, 1.165) is 9.99 Å². The SMILES string of the molecule is Fc1cccc2nc3cc(Br)ccc3nc12. The molecule has 0 amide bonds. The fraction of sp³-hybridized carbons (Fsp3) is 0. The van der Waals surface area contributed by atoms with Gasteiger partial charge in [0.2, 0.25) is 0 Å². The Kier molecular flexibility index (Phi) is 2.11. The van der Waals surface area contributed by atoms with E-state index in [0.29, 0.717) is 16.6 Å². The first-order valence-electron chi connectivity index (χ1n) is 4.75. The molecule has 0 unspecified atom stereocenters. The summed E-state index contributed by atoms with van der Waals surface area (Å²) in [5.41, 5.74) is 2.34. The normalized spacial score (nSPS) is 11.1. The Morgan fingerprint density at radius 3 is 2.69 bits per heavy atom. The van der Waals surface area contributed by atoms with Crippen molar-refractivity contribution in [2.45, 2.75) is 0 Å². The molecule has 0 aliphatic carbocycles. The highest BCUT2D eigenvalue weighted by molar-refractivity contribution is 9.10. The van der Waals surface area contributed by atoms with Crippen molar-refractivity contribution in [2.24, 2.45) is 0 Å². The number of rotatable bonds is 0. The van der Waals surface area contributed by atoms with Gasteiger partial charge in [-0.05, 0) is 30.3 Å². The van der Waals surface area contributed by atoms with Crippen molar-refractivity contribution < 1.29 is 4.39 Å². The van der Waals surface area contributed by atoms with Crippen LogP contribution in [0.3, 0.4) is 0 Å². The van der Waals surface area contributed by atoms with Gasteiger partial charge in [0.25, 0.3) is 0 Å². The average molecular weight is 277 g/mol. The number of fused-ring (bicyclic) bond motifs is 2. The van der Waals surface area contributed by atoms with E-state index < -0.39 is 0 Å². The molecule has 0 atom stereocenters. The summed E-state index contributed by atoms with van der Waals surface area (Å²) in [6.45, 7) is 0. The highest BCUT2D eigenvalue weighted by atomic mass is 79.9. The predicted octanol–water partition coefficient (Wildman–Crippen LogP) is 3.68. The first kappa shape index (κ1) is 9.66. The Balaban J connectivity index is 2.49. The van der Waals surface area contributed by atoms with E-state index in [1.54, 1.807) is 12.1 Å². The molecule has 0 saturated carbocycles. The number of halogens is 2. The van der Waals surface area contributed by atoms with Gasteiger partial charge in [-0.1, -0.05) is 22.0 Å². The Morgan fingerprint density at radius 1 is 0.938 bits per heavy atom. The number of aromatic nitrogens is 2. The van der Waals surface area contributed by atoms with E-state index in [4.69, 9.17) is 0 Å². The van der Waals surface area contributed by atoms with Gasteiger partial charge in [0.05, 0.1) is 16.6 Å². The Morgan fingerprint density at radius 2 is 1.81 bits per heavy atom. The van der Waals surface area contributed by atoms with Crippen LogP contribution in [0.15, 0.2) is 40.9 Å². The van der Waals surface area contributed by atoms with Crippen LogP contribution in [0.25, 0.3) is 22.1 Å². The van der Waals surface area contributed by atoms with Gasteiger partial charge in [-0.2, -0.15) is 0 Å². The molecule has 0 N–H and O–H groups in total. The van der Waals surface area contributed by atoms with Crippen LogP contribution in [0.1, 0.15) is 0 Å². The molecule has 0 aliphatic rings. The number of benzene rings is 2. The minimum atomic E-state index is -0.338. The van der Waals surface area contributed by atoms with Crippen LogP contribution < -0.4 is 0 Å². The zero-order valence-corrected chi connectivity index (χ0v) is 9.70. The van der Waals surface area contributed by atoms with Crippen LogP contribution in [0.5, 0.6) is 0 Å². The zero-order valence-electron chi connectivity index (χ0n) is 8.11. The van der Waals surface area contributed by atoms with Crippen molar-refractivity contribution in [3.8, 4) is 0 Å². The smallest absolute Gasteiger partial charge is 0.151 e. The summed E-state index contributed by atoms with van der Waals surface area (Å²) in [5.74, 6) is -0.338. The third-order valence-electron chi connectivity index (χ3n) is 2.38. The number of nitrogens with zero attached hydrogens (tertiary/aromatic N) is 2. The Hall–Kier alpha value is -1.55. The van der Waals surface area contributed by atoms with Gasteiger partial charge < -0.3 is 0 Å². The molecular formula is C12H6BrFN2. The maximum atomic E-state index is 13.5. The van der Waals surface area contributed by atoms with Gasteiger partial charge in [-0.25, -0.2) is 14.4 Å². The molecule has 0 saturated heterocycles. The summed E-state index contributed by atoms with van der Waals surface area (Å²) in [6.07, 6.45) is 0. The third kappa shape index (κ3) is 1.46. The highest BCUT2D eigenvalue weighted by Crippen LogP contribution is 2.21. The summed E-state index contributed by atoms with van der Waals surface area (Å²) in [5, 5.41) is 0. The molecule has 1 heterocycles. The average Bonchev–Trinajstić information content (AvgIpc) is 2.27. The van der Waals surface area contributed by atoms with Crippen LogP contribution in [0, 0.1) is 5.82 Å². The molecule has 0 radical (unpaired) electrons. The topological polar surface area (TPSA) is 25.8 Å². The summed E-state index contributed by atoms with van der Waals surface area (Å²) in [7, 11) is 0. The molecule has 1 aromatic heterocycles. The number of hydrogen-bond acceptors (Lipinski definition) is 2. The van der Waals surface area contributed by atoms with Gasteiger partial charge in [0.1, 0.15) is 5.52 Å². The van der Waals surface area contributed by atoms with E-state index >= 15 is 0 Å². The van der Waals surface area contributed by atoms with Crippen LogP contribution in [-0.2, 0) is 0 Å². The first-order valence-corrected chi connectivity index (χ1v) is 5.55. The molecule has 0 aliphatic heterocycles. The number of hydrogen-bond donors (Lipinski definition) is 0. The fourth-order valence-corrected chi connectivity index (χ4v) is 1.98. The van der Waals surface area contributed by atoms with Crippen molar-refractivity contribution in [2.75, 3.05) is 0 Å². The maximum Gasteiger partial charge on any atom is 0.151 e. The van der Waals surface area contributed by atoms with Gasteiger partial charge in [0.15, 0.2) is 5.82 Å². The molecule has 16 heavy (non-hydrogen) atoms. The second-order valence-electron chi connectivity index (χ2n) is 3.46. The molecule has 2 aromatic carbocycles. The summed E-state index contributed by atoms with van der Waals surface area (Å²) < 4.78 is 14.4. The summed E-state index contributed by atoms with van der Waals surface area (Å²) in [4.78, 5) is 8.63. The maximum absolute atomic E-state index is 13.5. The van der Waals surface area contributed by atoms with Crippen molar-refractivity contribution >= 4 is 38.0 Å². The lowest BCUT2D eigenvalue weighted by Crippen LogP contribution is -1.89. The summed E-state index contributed by atoms with van der Waals surface area (Å²) >= 11 is 3.37. The molecule has 2 nitrogen and oxygen atoms in total. The molecule has 78 valence electrons. The zero-order chi connectivity index (χ0) is 11.1. The molecule has 0 fully saturated rings. The number of para-hydroxylation sites is 1. The van der Waals surface area contributed by atoms with E-state index in [-0.39, 0.29) is 5.82 Å². The van der Waals surface area contributed by atoms with Crippen LogP contribution in [0.4, 0.5) is 4.39 Å². The standard InChI is InChI=1S/C12H6BrFN2/c13-7-4-5-9-11(6-7)15-10-3-1-2-8(14)12(10)16-9/h1-6H. The largest absolute Gasteiger partial charge is 0.244 e. The quantitative estimate of drug-likeness (QED) is 0.586. The van der Waals surface area contributed by atoms with Crippen LogP contribution in [0.2, 0.25) is 0 Å². The molecular weight excluding hydrogens is 271 g/mol. The minimum absolute atomic E-state index is 0.317. The van der Waals surface area contributed by atoms with Crippen molar-refractivity contribution in [1.82, 2.24) is 9.97 Å². The molecule has 0 spiro atoms. The molecule has 4 heteroatoms. The first-order chi connectivity index (χ1) is 7.74. The van der Waals surface area contributed by atoms with Gasteiger partial charge in [0, 0.05) is 4.47 Å². The fourth-order valence-electron chi connectivity index (χ4n) is 1.64. The lowest BCUT2D eigenvalue weighted by atomic mass is 10.2. The van der Waals surface area contributed by atoms with Gasteiger partial charge in [-0.3, -0.25) is 0 Å². The van der Waals surface area contributed by atoms with E-state index in [1.165, 1.54) is 6.07 Å². The molecule has 3 rings (SSSR count). The van der Waals surface area contributed by atoms with Crippen LogP contribution in [-0.4, -0.2) is 9.97 Å². The van der Waals surface area contributed by atoms with E-state index in [1.807, 2.05) is 18.2 Å². The van der Waals surface area contributed by atoms with E-state index in [9.17, 15) is 4.39 Å². The summed E-state index contributed by atoms with van der Waals surface area (Å²) in [6, 6.07) is 10.3. The lowest BCUT2D eigenvalue weighted by Gasteiger charge is -2.01. The van der Waals surface area contributed by atoms with Crippen molar-refractivity contribution in [3.63, 3.8) is 0 Å². The second-order valence-corrected chi connectivity index (χ2v) is 4.38. The second kappa shape index (κ2) is 3.49. The Labute approximate surface area is 99.3 Å². The van der Waals surface area contributed by atoms with E-state index in [2.05, 4.69) is 25.9 Å². The van der Waals surface area contributed by atoms with Crippen molar-refractivity contribution in [3.05, 3.63) is 46.7 Å². The Bertz CT molecular complexity index is 696. The predicted molar refractivity (Wildman–Crippen MR) is 64.7 cm³/mol. The highest BCUT2D eigenvalue weighted by Gasteiger charge is 2.05. The molecule has 3 aromatic rings.